The van der Waals surface area contributed by atoms with E-state index in [9.17, 15) is 9.59 Å². The average molecular weight is 337 g/mol. The van der Waals surface area contributed by atoms with Crippen LogP contribution < -0.4 is 11.1 Å². The SMILES string of the molecule is COC(=O)c1cc(CN2CCCCC2CNC(=O)CCN)oc1C. The number of carbonyl (C=O) groups is 2. The summed E-state index contributed by atoms with van der Waals surface area (Å²) in [6.07, 6.45) is 3.66. The zero-order valence-electron chi connectivity index (χ0n) is 14.5. The molecule has 0 spiro atoms. The molecule has 134 valence electrons. The average Bonchev–Trinajstić information content (AvgIpc) is 2.94. The highest BCUT2D eigenvalue weighted by Gasteiger charge is 2.25. The molecule has 1 aliphatic heterocycles. The lowest BCUT2D eigenvalue weighted by atomic mass is 10.0. The number of ether oxygens (including phenoxy) is 1. The summed E-state index contributed by atoms with van der Waals surface area (Å²) >= 11 is 0. The topological polar surface area (TPSA) is 97.8 Å². The molecule has 0 radical (unpaired) electrons. The molecular formula is C17H27N3O4. The van der Waals surface area contributed by atoms with E-state index in [1.54, 1.807) is 13.0 Å². The fourth-order valence-electron chi connectivity index (χ4n) is 3.08. The third-order valence-corrected chi connectivity index (χ3v) is 4.39. The van der Waals surface area contributed by atoms with Crippen molar-refractivity contribution in [2.75, 3.05) is 26.7 Å². The van der Waals surface area contributed by atoms with Gasteiger partial charge in [0.15, 0.2) is 0 Å². The molecule has 1 amide bonds. The van der Waals surface area contributed by atoms with Crippen LogP contribution in [-0.4, -0.2) is 49.6 Å². The number of likely N-dealkylation sites (tertiary alicyclic amines) is 1. The number of hydrogen-bond donors (Lipinski definition) is 2. The first-order valence-electron chi connectivity index (χ1n) is 8.43. The molecule has 7 heteroatoms. The van der Waals surface area contributed by atoms with Gasteiger partial charge in [0.2, 0.25) is 5.91 Å². The molecule has 0 saturated carbocycles. The summed E-state index contributed by atoms with van der Waals surface area (Å²) in [7, 11) is 1.36. The van der Waals surface area contributed by atoms with Gasteiger partial charge in [-0.1, -0.05) is 6.42 Å². The zero-order valence-corrected chi connectivity index (χ0v) is 14.5. The van der Waals surface area contributed by atoms with E-state index in [1.165, 1.54) is 7.11 Å². The molecule has 1 aliphatic rings. The number of rotatable bonds is 7. The van der Waals surface area contributed by atoms with Crippen LogP contribution in [-0.2, 0) is 16.1 Å². The molecule has 7 nitrogen and oxygen atoms in total. The van der Waals surface area contributed by atoms with Gasteiger partial charge in [0.25, 0.3) is 0 Å². The fourth-order valence-corrected chi connectivity index (χ4v) is 3.08. The second kappa shape index (κ2) is 8.84. The monoisotopic (exact) mass is 337 g/mol. The number of carbonyl (C=O) groups excluding carboxylic acids is 2. The molecule has 0 bridgehead atoms. The maximum Gasteiger partial charge on any atom is 0.341 e. The maximum absolute atomic E-state index is 11.7. The highest BCUT2D eigenvalue weighted by atomic mass is 16.5. The van der Waals surface area contributed by atoms with Crippen LogP contribution in [0.15, 0.2) is 10.5 Å². The number of piperidine rings is 1. The smallest absolute Gasteiger partial charge is 0.341 e. The Morgan fingerprint density at radius 2 is 2.25 bits per heavy atom. The van der Waals surface area contributed by atoms with Crippen molar-refractivity contribution in [3.05, 3.63) is 23.2 Å². The molecule has 1 fully saturated rings. The summed E-state index contributed by atoms with van der Waals surface area (Å²) in [5.74, 6) is 0.923. The Labute approximate surface area is 142 Å². The number of nitrogens with zero attached hydrogens (tertiary/aromatic N) is 1. The van der Waals surface area contributed by atoms with Gasteiger partial charge in [-0.05, 0) is 32.4 Å². The van der Waals surface area contributed by atoms with Crippen LogP contribution in [0.5, 0.6) is 0 Å². The van der Waals surface area contributed by atoms with Gasteiger partial charge in [-0.25, -0.2) is 4.79 Å². The first kappa shape index (κ1) is 18.5. The Morgan fingerprint density at radius 1 is 1.46 bits per heavy atom. The number of methoxy groups -OCH3 is 1. The third-order valence-electron chi connectivity index (χ3n) is 4.39. The minimum absolute atomic E-state index is 0.00940. The van der Waals surface area contributed by atoms with Crippen LogP contribution in [0.4, 0.5) is 0 Å². The molecule has 1 aromatic rings. The minimum Gasteiger partial charge on any atom is -0.465 e. The van der Waals surface area contributed by atoms with Crippen LogP contribution in [0, 0.1) is 6.92 Å². The number of nitrogens with two attached hydrogens (primary N) is 1. The molecule has 24 heavy (non-hydrogen) atoms. The van der Waals surface area contributed by atoms with Gasteiger partial charge >= 0.3 is 5.97 Å². The highest BCUT2D eigenvalue weighted by Crippen LogP contribution is 2.22. The van der Waals surface area contributed by atoms with E-state index < -0.39 is 0 Å². The third kappa shape index (κ3) is 4.82. The number of esters is 1. The molecule has 1 saturated heterocycles. The lowest BCUT2D eigenvalue weighted by Gasteiger charge is -2.35. The molecule has 1 atom stereocenters. The normalized spacial score (nSPS) is 18.4. The number of hydrogen-bond acceptors (Lipinski definition) is 6. The van der Waals surface area contributed by atoms with Crippen LogP contribution >= 0.6 is 0 Å². The van der Waals surface area contributed by atoms with Crippen molar-refractivity contribution in [2.24, 2.45) is 5.73 Å². The Kier molecular flexibility index (Phi) is 6.81. The zero-order chi connectivity index (χ0) is 17.5. The maximum atomic E-state index is 11.7. The Balaban J connectivity index is 1.98. The van der Waals surface area contributed by atoms with Crippen LogP contribution in [0.1, 0.15) is 47.6 Å². The van der Waals surface area contributed by atoms with Gasteiger partial charge in [0.1, 0.15) is 17.1 Å². The Bertz CT molecular complexity index is 570. The van der Waals surface area contributed by atoms with Crippen molar-refractivity contribution < 1.29 is 18.7 Å². The highest BCUT2D eigenvalue weighted by molar-refractivity contribution is 5.90. The van der Waals surface area contributed by atoms with E-state index in [0.717, 1.165) is 31.6 Å². The molecule has 0 aromatic carbocycles. The van der Waals surface area contributed by atoms with Crippen molar-refractivity contribution in [1.29, 1.82) is 0 Å². The Hall–Kier alpha value is -1.86. The summed E-state index contributed by atoms with van der Waals surface area (Å²) in [4.78, 5) is 25.6. The van der Waals surface area contributed by atoms with E-state index in [4.69, 9.17) is 14.9 Å². The predicted octanol–water partition coefficient (Wildman–Crippen LogP) is 1.19. The van der Waals surface area contributed by atoms with Crippen molar-refractivity contribution in [3.63, 3.8) is 0 Å². The van der Waals surface area contributed by atoms with Crippen LogP contribution in [0.2, 0.25) is 0 Å². The number of furan rings is 1. The quantitative estimate of drug-likeness (QED) is 0.726. The minimum atomic E-state index is -0.383. The van der Waals surface area contributed by atoms with E-state index >= 15 is 0 Å². The first-order chi connectivity index (χ1) is 11.5. The number of nitrogens with one attached hydrogen (secondary N) is 1. The van der Waals surface area contributed by atoms with E-state index in [0.29, 0.717) is 37.4 Å². The van der Waals surface area contributed by atoms with Crippen molar-refractivity contribution in [2.45, 2.75) is 45.2 Å². The van der Waals surface area contributed by atoms with Gasteiger partial charge in [-0.2, -0.15) is 0 Å². The molecule has 1 aromatic heterocycles. The summed E-state index contributed by atoms with van der Waals surface area (Å²) in [6.45, 7) is 4.31. The molecule has 1 unspecified atom stereocenters. The molecule has 2 heterocycles. The summed E-state index contributed by atoms with van der Waals surface area (Å²) in [5.41, 5.74) is 5.87. The van der Waals surface area contributed by atoms with Crippen molar-refractivity contribution >= 4 is 11.9 Å². The molecule has 2 rings (SSSR count). The van der Waals surface area contributed by atoms with Crippen LogP contribution in [0.25, 0.3) is 0 Å². The lowest BCUT2D eigenvalue weighted by Crippen LogP contribution is -2.46. The van der Waals surface area contributed by atoms with E-state index in [1.807, 2.05) is 0 Å². The second-order valence-electron chi connectivity index (χ2n) is 6.14. The number of amides is 1. The second-order valence-corrected chi connectivity index (χ2v) is 6.14. The van der Waals surface area contributed by atoms with Gasteiger partial charge in [0, 0.05) is 25.6 Å². The molecule has 0 aliphatic carbocycles. The summed E-state index contributed by atoms with van der Waals surface area (Å²) in [5, 5.41) is 2.95. The van der Waals surface area contributed by atoms with Crippen molar-refractivity contribution in [1.82, 2.24) is 10.2 Å². The first-order valence-corrected chi connectivity index (χ1v) is 8.43. The summed E-state index contributed by atoms with van der Waals surface area (Å²) in [6, 6.07) is 2.02. The van der Waals surface area contributed by atoms with Crippen LogP contribution in [0.3, 0.4) is 0 Å². The van der Waals surface area contributed by atoms with Crippen molar-refractivity contribution in [3.8, 4) is 0 Å². The van der Waals surface area contributed by atoms with Gasteiger partial charge in [-0.15, -0.1) is 0 Å². The lowest BCUT2D eigenvalue weighted by molar-refractivity contribution is -0.121. The largest absolute Gasteiger partial charge is 0.465 e. The van der Waals surface area contributed by atoms with Gasteiger partial charge in [-0.3, -0.25) is 9.69 Å². The molecular weight excluding hydrogens is 310 g/mol. The van der Waals surface area contributed by atoms with E-state index in [2.05, 4.69) is 10.2 Å². The van der Waals surface area contributed by atoms with Gasteiger partial charge in [0.05, 0.1) is 13.7 Å². The predicted molar refractivity (Wildman–Crippen MR) is 89.5 cm³/mol. The standard InChI is InChI=1S/C17H27N3O4/c1-12-15(17(22)23-2)9-14(24-12)11-20-8-4-3-5-13(20)10-19-16(21)6-7-18/h9,13H,3-8,10-11,18H2,1-2H3,(H,19,21). The van der Waals surface area contributed by atoms with Gasteiger partial charge < -0.3 is 20.2 Å². The Morgan fingerprint density at radius 3 is 2.96 bits per heavy atom. The van der Waals surface area contributed by atoms with E-state index in [-0.39, 0.29) is 17.9 Å². The fraction of sp³-hybridized carbons (Fsp3) is 0.647. The molecule has 3 N–H and O–H groups in total. The summed E-state index contributed by atoms with van der Waals surface area (Å²) < 4.78 is 10.5. The number of aryl methyl sites for hydroxylation is 1.